The van der Waals surface area contributed by atoms with Gasteiger partial charge in [0.15, 0.2) is 8.32 Å². The van der Waals surface area contributed by atoms with Gasteiger partial charge in [-0.05, 0) is 44.1 Å². The first-order chi connectivity index (χ1) is 10.4. The van der Waals surface area contributed by atoms with Crippen LogP contribution in [0.4, 0.5) is 5.82 Å². The van der Waals surface area contributed by atoms with E-state index in [0.29, 0.717) is 12.4 Å². The summed E-state index contributed by atoms with van der Waals surface area (Å²) >= 11 is 0. The maximum atomic E-state index is 11.8. The smallest absolute Gasteiger partial charge is 0.330 e. The topological polar surface area (TPSA) is 60.5 Å². The van der Waals surface area contributed by atoms with Gasteiger partial charge in [0.2, 0.25) is 0 Å². The molecular formula is C17H30N2O3Si. The molecule has 0 amide bonds. The third-order valence-electron chi connectivity index (χ3n) is 4.33. The molecule has 6 heteroatoms. The van der Waals surface area contributed by atoms with Gasteiger partial charge in [0.1, 0.15) is 11.4 Å². The number of aromatic nitrogens is 1. The van der Waals surface area contributed by atoms with Crippen LogP contribution in [0.2, 0.25) is 18.1 Å². The van der Waals surface area contributed by atoms with Crippen molar-refractivity contribution in [3.8, 4) is 0 Å². The third-order valence-corrected chi connectivity index (χ3v) is 8.81. The molecule has 5 nitrogen and oxygen atoms in total. The zero-order valence-electron chi connectivity index (χ0n) is 15.6. The highest BCUT2D eigenvalue weighted by atomic mass is 28.4. The lowest BCUT2D eigenvalue weighted by atomic mass is 10.1. The quantitative estimate of drug-likeness (QED) is 0.628. The maximum absolute atomic E-state index is 11.8. The monoisotopic (exact) mass is 338 g/mol. The average molecular weight is 339 g/mol. The van der Waals surface area contributed by atoms with Crippen LogP contribution in [0.5, 0.6) is 0 Å². The van der Waals surface area contributed by atoms with Gasteiger partial charge in [-0.3, -0.25) is 0 Å². The predicted molar refractivity (Wildman–Crippen MR) is 95.9 cm³/mol. The summed E-state index contributed by atoms with van der Waals surface area (Å²) < 4.78 is 11.0. The fourth-order valence-electron chi connectivity index (χ4n) is 1.73. The van der Waals surface area contributed by atoms with Gasteiger partial charge in [-0.2, -0.15) is 0 Å². The SMILES string of the molecule is COC(=O)C(C)(C)Nc1cccc(CO[Si](C)(C)C(C)(C)C)n1. The first-order valence-electron chi connectivity index (χ1n) is 7.85. The number of rotatable bonds is 6. The van der Waals surface area contributed by atoms with Gasteiger partial charge in [0.25, 0.3) is 0 Å². The Kier molecular flexibility index (Phi) is 5.98. The average Bonchev–Trinajstić information content (AvgIpc) is 2.43. The lowest BCUT2D eigenvalue weighted by Gasteiger charge is -2.36. The number of carbonyl (C=O) groups is 1. The number of esters is 1. The zero-order chi connectivity index (χ0) is 17.9. The third kappa shape index (κ3) is 5.32. The van der Waals surface area contributed by atoms with Crippen molar-refractivity contribution in [1.29, 1.82) is 0 Å². The molecule has 0 aliphatic rings. The Morgan fingerprint density at radius 3 is 2.35 bits per heavy atom. The predicted octanol–water partition coefficient (Wildman–Crippen LogP) is 3.97. The van der Waals surface area contributed by atoms with E-state index >= 15 is 0 Å². The summed E-state index contributed by atoms with van der Waals surface area (Å²) in [6.07, 6.45) is 0. The fraction of sp³-hybridized carbons (Fsp3) is 0.647. The molecule has 1 aromatic rings. The van der Waals surface area contributed by atoms with Crippen molar-refractivity contribution in [2.75, 3.05) is 12.4 Å². The first kappa shape index (κ1) is 19.6. The van der Waals surface area contributed by atoms with Crippen molar-refractivity contribution >= 4 is 20.1 Å². The summed E-state index contributed by atoms with van der Waals surface area (Å²) in [5.41, 5.74) is 0.0150. The molecule has 0 saturated carbocycles. The van der Waals surface area contributed by atoms with Gasteiger partial charge in [-0.25, -0.2) is 9.78 Å². The van der Waals surface area contributed by atoms with E-state index in [1.54, 1.807) is 13.8 Å². The standard InChI is InChI=1S/C17H30N2O3Si/c1-16(2,3)23(7,8)22-12-13-10-9-11-14(18-13)19-17(4,5)15(20)21-6/h9-11H,12H2,1-8H3,(H,18,19). The Labute approximate surface area is 140 Å². The van der Waals surface area contributed by atoms with E-state index < -0.39 is 13.9 Å². The minimum atomic E-state index is -1.81. The molecule has 1 heterocycles. The summed E-state index contributed by atoms with van der Waals surface area (Å²) in [7, 11) is -0.432. The summed E-state index contributed by atoms with van der Waals surface area (Å²) in [6, 6.07) is 5.68. The van der Waals surface area contributed by atoms with Gasteiger partial charge in [0, 0.05) is 0 Å². The Balaban J connectivity index is 2.80. The van der Waals surface area contributed by atoms with Crippen molar-refractivity contribution < 1.29 is 14.0 Å². The number of ether oxygens (including phenoxy) is 1. The van der Waals surface area contributed by atoms with Crippen molar-refractivity contribution in [1.82, 2.24) is 4.98 Å². The summed E-state index contributed by atoms with van der Waals surface area (Å²) in [5, 5.41) is 3.27. The van der Waals surface area contributed by atoms with Crippen LogP contribution >= 0.6 is 0 Å². The molecular weight excluding hydrogens is 308 g/mol. The second-order valence-electron chi connectivity index (χ2n) is 7.80. The van der Waals surface area contributed by atoms with E-state index in [4.69, 9.17) is 9.16 Å². The van der Waals surface area contributed by atoms with Crippen LogP contribution in [0.3, 0.4) is 0 Å². The lowest BCUT2D eigenvalue weighted by molar-refractivity contribution is -0.144. The highest BCUT2D eigenvalue weighted by Crippen LogP contribution is 2.37. The van der Waals surface area contributed by atoms with Crippen molar-refractivity contribution in [3.63, 3.8) is 0 Å². The van der Waals surface area contributed by atoms with E-state index in [-0.39, 0.29) is 11.0 Å². The number of nitrogens with one attached hydrogen (secondary N) is 1. The zero-order valence-corrected chi connectivity index (χ0v) is 16.6. The number of carbonyl (C=O) groups excluding carboxylic acids is 1. The molecule has 1 rings (SSSR count). The molecule has 0 saturated heterocycles. The summed E-state index contributed by atoms with van der Waals surface area (Å²) in [4.78, 5) is 16.3. The van der Waals surface area contributed by atoms with Crippen LogP contribution < -0.4 is 5.32 Å². The second-order valence-corrected chi connectivity index (χ2v) is 12.6. The van der Waals surface area contributed by atoms with Gasteiger partial charge in [-0.15, -0.1) is 0 Å². The van der Waals surface area contributed by atoms with Crippen molar-refractivity contribution in [2.45, 2.75) is 64.9 Å². The molecule has 23 heavy (non-hydrogen) atoms. The van der Waals surface area contributed by atoms with E-state index in [2.05, 4.69) is 44.2 Å². The van der Waals surface area contributed by atoms with Crippen LogP contribution in [0.25, 0.3) is 0 Å². The molecule has 0 unspecified atom stereocenters. The van der Waals surface area contributed by atoms with E-state index in [1.165, 1.54) is 7.11 Å². The maximum Gasteiger partial charge on any atom is 0.330 e. The highest BCUT2D eigenvalue weighted by Gasteiger charge is 2.37. The molecule has 0 bridgehead atoms. The molecule has 0 aliphatic carbocycles. The number of hydrogen-bond acceptors (Lipinski definition) is 5. The molecule has 0 radical (unpaired) electrons. The molecule has 0 aromatic carbocycles. The first-order valence-corrected chi connectivity index (χ1v) is 10.8. The lowest BCUT2D eigenvalue weighted by Crippen LogP contribution is -2.41. The molecule has 1 N–H and O–H groups in total. The van der Waals surface area contributed by atoms with Gasteiger partial charge >= 0.3 is 5.97 Å². The minimum Gasteiger partial charge on any atom is -0.467 e. The largest absolute Gasteiger partial charge is 0.467 e. The summed E-state index contributed by atoms with van der Waals surface area (Å²) in [6.45, 7) is 15.1. The number of pyridine rings is 1. The van der Waals surface area contributed by atoms with Crippen LogP contribution in [0.15, 0.2) is 18.2 Å². The molecule has 0 spiro atoms. The minimum absolute atomic E-state index is 0.162. The Morgan fingerprint density at radius 2 is 1.83 bits per heavy atom. The molecule has 130 valence electrons. The second kappa shape index (κ2) is 7.01. The van der Waals surface area contributed by atoms with Gasteiger partial charge in [-0.1, -0.05) is 26.8 Å². The number of anilines is 1. The van der Waals surface area contributed by atoms with Crippen LogP contribution in [-0.4, -0.2) is 31.9 Å². The van der Waals surface area contributed by atoms with Crippen LogP contribution in [0.1, 0.15) is 40.3 Å². The molecule has 0 aliphatic heterocycles. The molecule has 1 aromatic heterocycles. The number of hydrogen-bond donors (Lipinski definition) is 1. The normalized spacial score (nSPS) is 12.9. The number of nitrogens with zero attached hydrogens (tertiary/aromatic N) is 1. The van der Waals surface area contributed by atoms with E-state index in [0.717, 1.165) is 5.69 Å². The van der Waals surface area contributed by atoms with Crippen LogP contribution in [0, 0.1) is 0 Å². The highest BCUT2D eigenvalue weighted by molar-refractivity contribution is 6.74. The van der Waals surface area contributed by atoms with Crippen molar-refractivity contribution in [3.05, 3.63) is 23.9 Å². The van der Waals surface area contributed by atoms with E-state index in [9.17, 15) is 4.79 Å². The summed E-state index contributed by atoms with van der Waals surface area (Å²) in [5.74, 6) is 0.305. The van der Waals surface area contributed by atoms with E-state index in [1.807, 2.05) is 18.2 Å². The number of methoxy groups -OCH3 is 1. The van der Waals surface area contributed by atoms with Crippen molar-refractivity contribution in [2.24, 2.45) is 0 Å². The van der Waals surface area contributed by atoms with Gasteiger partial charge < -0.3 is 14.5 Å². The Hall–Kier alpha value is -1.40. The Morgan fingerprint density at radius 1 is 1.22 bits per heavy atom. The fourth-order valence-corrected chi connectivity index (χ4v) is 2.67. The Bertz CT molecular complexity index is 551. The van der Waals surface area contributed by atoms with Crippen LogP contribution in [-0.2, 0) is 20.6 Å². The molecule has 0 fully saturated rings. The molecule has 0 atom stereocenters. The van der Waals surface area contributed by atoms with Gasteiger partial charge in [0.05, 0.1) is 19.4 Å².